The average Bonchev–Trinajstić information content (AvgIpc) is 3.32. The summed E-state index contributed by atoms with van der Waals surface area (Å²) in [6.45, 7) is 1.25. The predicted octanol–water partition coefficient (Wildman–Crippen LogP) is 1.40. The third-order valence-corrected chi connectivity index (χ3v) is 6.73. The van der Waals surface area contributed by atoms with Crippen molar-refractivity contribution >= 4 is 27.5 Å². The van der Waals surface area contributed by atoms with E-state index in [0.29, 0.717) is 37.1 Å². The van der Waals surface area contributed by atoms with Crippen molar-refractivity contribution in [3.8, 4) is 0 Å². The van der Waals surface area contributed by atoms with Crippen LogP contribution >= 0.6 is 0 Å². The highest BCUT2D eigenvalue weighted by Crippen LogP contribution is 2.16. The second-order valence-corrected chi connectivity index (χ2v) is 9.82. The predicted molar refractivity (Wildman–Crippen MR) is 127 cm³/mol. The summed E-state index contributed by atoms with van der Waals surface area (Å²) in [5, 5.41) is 14.8. The van der Waals surface area contributed by atoms with Gasteiger partial charge < -0.3 is 20.5 Å². The third kappa shape index (κ3) is 7.62. The van der Waals surface area contributed by atoms with E-state index in [1.54, 1.807) is 12.1 Å². The first-order chi connectivity index (χ1) is 17.2. The average molecular weight is 525 g/mol. The number of Topliss-reactive ketones (excluding diaryl/α,β-unsaturated/α-hetero) is 1. The van der Waals surface area contributed by atoms with Crippen LogP contribution in [0.25, 0.3) is 0 Å². The second-order valence-electron chi connectivity index (χ2n) is 7.87. The number of nitrogens with zero attached hydrogens (tertiary/aromatic N) is 2. The summed E-state index contributed by atoms with van der Waals surface area (Å²) < 4.78 is 56.0. The molecule has 0 saturated heterocycles. The SMILES string of the molecule is O=C(CNCc1ccc(C2=NCCN2C(=O)O)cc1)COCCNCS(=O)(=O)c1ccc(F)cc1F. The van der Waals surface area contributed by atoms with Crippen LogP contribution in [0.4, 0.5) is 13.6 Å². The van der Waals surface area contributed by atoms with Gasteiger partial charge >= 0.3 is 6.09 Å². The molecule has 13 heteroatoms. The third-order valence-electron chi connectivity index (χ3n) is 5.14. The normalized spacial score (nSPS) is 13.6. The maximum Gasteiger partial charge on any atom is 0.413 e. The number of benzene rings is 2. The number of nitrogens with one attached hydrogen (secondary N) is 2. The van der Waals surface area contributed by atoms with Crippen molar-refractivity contribution in [2.24, 2.45) is 4.99 Å². The number of carbonyl (C=O) groups is 2. The number of carboxylic acid groups (broad SMARTS) is 1. The number of amidine groups is 1. The zero-order chi connectivity index (χ0) is 26.1. The molecule has 0 aromatic heterocycles. The van der Waals surface area contributed by atoms with E-state index in [4.69, 9.17) is 4.74 Å². The lowest BCUT2D eigenvalue weighted by Crippen LogP contribution is -2.33. The van der Waals surface area contributed by atoms with Crippen LogP contribution < -0.4 is 10.6 Å². The molecule has 3 rings (SSSR count). The van der Waals surface area contributed by atoms with Crippen molar-refractivity contribution in [2.75, 3.05) is 45.3 Å². The van der Waals surface area contributed by atoms with Gasteiger partial charge in [0.25, 0.3) is 0 Å². The Hall–Kier alpha value is -3.26. The minimum Gasteiger partial charge on any atom is -0.465 e. The summed E-state index contributed by atoms with van der Waals surface area (Å²) in [4.78, 5) is 28.0. The highest BCUT2D eigenvalue weighted by atomic mass is 32.2. The van der Waals surface area contributed by atoms with Gasteiger partial charge in [-0.2, -0.15) is 0 Å². The van der Waals surface area contributed by atoms with E-state index in [9.17, 15) is 31.9 Å². The summed E-state index contributed by atoms with van der Waals surface area (Å²) in [5.74, 6) is -2.37. The first-order valence-electron chi connectivity index (χ1n) is 11.0. The maximum absolute atomic E-state index is 13.7. The van der Waals surface area contributed by atoms with Gasteiger partial charge in [0.15, 0.2) is 15.6 Å². The number of ketones is 1. The van der Waals surface area contributed by atoms with Crippen LogP contribution in [0.3, 0.4) is 0 Å². The number of ether oxygens (including phenoxy) is 1. The Labute approximate surface area is 206 Å². The molecule has 3 N–H and O–H groups in total. The van der Waals surface area contributed by atoms with Crippen LogP contribution in [-0.2, 0) is 25.9 Å². The number of amides is 1. The molecular formula is C23H26F2N4O6S. The standard InChI is InChI=1S/C23H26F2N4O6S/c24-18-5-6-21(20(25)11-18)36(33,34)15-26-8-10-35-14-19(30)13-27-12-16-1-3-17(4-2-16)22-28-7-9-29(22)23(31)32/h1-6,11,26-27H,7-10,12-15H2,(H,31,32). The molecule has 2 aromatic rings. The summed E-state index contributed by atoms with van der Waals surface area (Å²) in [6.07, 6.45) is -1.04. The van der Waals surface area contributed by atoms with Crippen LogP contribution in [0.2, 0.25) is 0 Å². The van der Waals surface area contributed by atoms with Gasteiger partial charge in [0, 0.05) is 24.7 Å². The molecule has 0 unspecified atom stereocenters. The molecule has 2 aromatic carbocycles. The van der Waals surface area contributed by atoms with E-state index >= 15 is 0 Å². The highest BCUT2D eigenvalue weighted by molar-refractivity contribution is 7.91. The van der Waals surface area contributed by atoms with Crippen molar-refractivity contribution in [3.05, 3.63) is 65.2 Å². The van der Waals surface area contributed by atoms with E-state index in [0.717, 1.165) is 17.7 Å². The van der Waals surface area contributed by atoms with Crippen molar-refractivity contribution in [3.63, 3.8) is 0 Å². The summed E-state index contributed by atoms with van der Waals surface area (Å²) in [7, 11) is -3.98. The Morgan fingerprint density at radius 1 is 1.11 bits per heavy atom. The minimum atomic E-state index is -3.98. The molecule has 0 bridgehead atoms. The Balaban J connectivity index is 1.30. The fourth-order valence-electron chi connectivity index (χ4n) is 3.39. The number of sulfone groups is 1. The number of hydrogen-bond donors (Lipinski definition) is 3. The lowest BCUT2D eigenvalue weighted by atomic mass is 10.1. The number of halogens is 2. The van der Waals surface area contributed by atoms with Gasteiger partial charge in [-0.05, 0) is 17.7 Å². The fraction of sp³-hybridized carbons (Fsp3) is 0.348. The van der Waals surface area contributed by atoms with Gasteiger partial charge in [0.05, 0.1) is 26.2 Å². The van der Waals surface area contributed by atoms with Gasteiger partial charge in [-0.3, -0.25) is 14.7 Å². The number of hydrogen-bond acceptors (Lipinski definition) is 8. The zero-order valence-electron chi connectivity index (χ0n) is 19.2. The van der Waals surface area contributed by atoms with Gasteiger partial charge in [0.2, 0.25) is 0 Å². The summed E-state index contributed by atoms with van der Waals surface area (Å²) >= 11 is 0. The van der Waals surface area contributed by atoms with Crippen molar-refractivity contribution in [1.29, 1.82) is 0 Å². The molecule has 0 saturated carbocycles. The Morgan fingerprint density at radius 2 is 1.86 bits per heavy atom. The highest BCUT2D eigenvalue weighted by Gasteiger charge is 2.24. The Bertz CT molecular complexity index is 1220. The summed E-state index contributed by atoms with van der Waals surface area (Å²) in [5.41, 5.74) is 1.60. The number of rotatable bonds is 13. The Morgan fingerprint density at radius 3 is 2.56 bits per heavy atom. The lowest BCUT2D eigenvalue weighted by molar-refractivity contribution is -0.122. The molecule has 1 aliphatic rings. The topological polar surface area (TPSA) is 137 Å². The monoisotopic (exact) mass is 524 g/mol. The smallest absolute Gasteiger partial charge is 0.413 e. The minimum absolute atomic E-state index is 0.0614. The molecule has 36 heavy (non-hydrogen) atoms. The summed E-state index contributed by atoms with van der Waals surface area (Å²) in [6, 6.07) is 9.44. The number of carbonyl (C=O) groups excluding carboxylic acids is 1. The maximum atomic E-state index is 13.7. The quantitative estimate of drug-likeness (QED) is 0.264. The first kappa shape index (κ1) is 27.3. The van der Waals surface area contributed by atoms with Crippen LogP contribution in [0.5, 0.6) is 0 Å². The van der Waals surface area contributed by atoms with Gasteiger partial charge in [-0.1, -0.05) is 24.3 Å². The Kier molecular flexibility index (Phi) is 9.58. The van der Waals surface area contributed by atoms with Gasteiger partial charge in [-0.15, -0.1) is 0 Å². The van der Waals surface area contributed by atoms with E-state index in [-0.39, 0.29) is 32.1 Å². The molecule has 1 heterocycles. The molecular weight excluding hydrogens is 498 g/mol. The van der Waals surface area contributed by atoms with Crippen molar-refractivity contribution in [1.82, 2.24) is 15.5 Å². The van der Waals surface area contributed by atoms with Crippen molar-refractivity contribution in [2.45, 2.75) is 11.4 Å². The number of aliphatic imine (C=N–C) groups is 1. The molecule has 0 spiro atoms. The molecule has 1 amide bonds. The molecule has 0 fully saturated rings. The van der Waals surface area contributed by atoms with E-state index in [1.807, 2.05) is 12.1 Å². The van der Waals surface area contributed by atoms with Gasteiger partial charge in [-0.25, -0.2) is 22.0 Å². The van der Waals surface area contributed by atoms with Gasteiger partial charge in [0.1, 0.15) is 34.8 Å². The first-order valence-corrected chi connectivity index (χ1v) is 12.7. The lowest BCUT2D eigenvalue weighted by Gasteiger charge is -2.14. The van der Waals surface area contributed by atoms with Crippen molar-refractivity contribution < 1.29 is 36.6 Å². The zero-order valence-corrected chi connectivity index (χ0v) is 20.1. The largest absolute Gasteiger partial charge is 0.465 e. The molecule has 0 aliphatic carbocycles. The molecule has 10 nitrogen and oxygen atoms in total. The van der Waals surface area contributed by atoms with Crippen LogP contribution in [0.1, 0.15) is 11.1 Å². The van der Waals surface area contributed by atoms with E-state index in [2.05, 4.69) is 15.6 Å². The van der Waals surface area contributed by atoms with Crippen LogP contribution in [0, 0.1) is 11.6 Å². The molecule has 1 aliphatic heterocycles. The molecule has 0 radical (unpaired) electrons. The van der Waals surface area contributed by atoms with Crippen LogP contribution in [0.15, 0.2) is 52.4 Å². The molecule has 0 atom stereocenters. The van der Waals surface area contributed by atoms with E-state index < -0.39 is 38.3 Å². The second kappa shape index (κ2) is 12.6. The molecule has 194 valence electrons. The fourth-order valence-corrected chi connectivity index (χ4v) is 4.59. The van der Waals surface area contributed by atoms with E-state index in [1.165, 1.54) is 4.90 Å². The van der Waals surface area contributed by atoms with Crippen LogP contribution in [-0.4, -0.2) is 81.4 Å².